The molecule has 7 rings (SSSR count). The normalized spacial score (nSPS) is 11.6. The zero-order valence-electron chi connectivity index (χ0n) is 27.1. The van der Waals surface area contributed by atoms with Gasteiger partial charge in [0.1, 0.15) is 0 Å². The molecule has 0 unspecified atom stereocenters. The number of benzene rings is 6. The number of aryl methyl sites for hydroxylation is 1. The van der Waals surface area contributed by atoms with Gasteiger partial charge in [0, 0.05) is 17.1 Å². The molecule has 228 valence electrons. The summed E-state index contributed by atoms with van der Waals surface area (Å²) in [6, 6.07) is 51.2. The maximum atomic E-state index is 4.00. The smallest absolute Gasteiger partial charge is 0.0468 e. The first-order valence-electron chi connectivity index (χ1n) is 16.2. The van der Waals surface area contributed by atoms with Gasteiger partial charge in [0.25, 0.3) is 0 Å². The molecule has 0 radical (unpaired) electrons. The Hall–Kier alpha value is -5.84. The Morgan fingerprint density at radius 2 is 1.11 bits per heavy atom. The first kappa shape index (κ1) is 31.2. The van der Waals surface area contributed by atoms with E-state index in [1.165, 1.54) is 55.6 Å². The lowest BCUT2D eigenvalue weighted by atomic mass is 9.93. The fourth-order valence-corrected chi connectivity index (χ4v) is 6.61. The fourth-order valence-electron chi connectivity index (χ4n) is 6.61. The summed E-state index contributed by atoms with van der Waals surface area (Å²) in [5.41, 5.74) is 16.5. The first-order chi connectivity index (χ1) is 23.2. The Morgan fingerprint density at radius 3 is 1.85 bits per heavy atom. The van der Waals surface area contributed by atoms with Gasteiger partial charge in [0.05, 0.1) is 0 Å². The molecule has 0 fully saturated rings. The highest BCUT2D eigenvalue weighted by Crippen LogP contribution is 2.44. The molecule has 0 aliphatic heterocycles. The van der Waals surface area contributed by atoms with Crippen molar-refractivity contribution in [2.24, 2.45) is 0 Å². The van der Waals surface area contributed by atoms with E-state index in [2.05, 4.69) is 189 Å². The van der Waals surface area contributed by atoms with Crippen molar-refractivity contribution in [1.29, 1.82) is 0 Å². The second kappa shape index (κ2) is 14.5. The van der Waals surface area contributed by atoms with Crippen LogP contribution in [0.5, 0.6) is 0 Å². The SMILES string of the molecule is C#C.C/C=C\C=C/Cc1ccccc1-c1cc(N(c2ccccc2)c2ccc3c(c2)-c2ccccc2-c2ccccc2C3)ccc1C. The van der Waals surface area contributed by atoms with Crippen molar-refractivity contribution in [3.05, 3.63) is 186 Å². The highest BCUT2D eigenvalue weighted by Gasteiger charge is 2.22. The molecule has 0 saturated heterocycles. The number of hydrogen-bond acceptors (Lipinski definition) is 1. The van der Waals surface area contributed by atoms with Crippen LogP contribution in [0.1, 0.15) is 29.2 Å². The van der Waals surface area contributed by atoms with Crippen LogP contribution in [0.4, 0.5) is 17.1 Å². The summed E-state index contributed by atoms with van der Waals surface area (Å²) in [5.74, 6) is 0. The molecular formula is C46H39N. The predicted octanol–water partition coefficient (Wildman–Crippen LogP) is 12.3. The Morgan fingerprint density at radius 1 is 0.532 bits per heavy atom. The third kappa shape index (κ3) is 6.46. The molecule has 0 saturated carbocycles. The van der Waals surface area contributed by atoms with Gasteiger partial charge in [-0.3, -0.25) is 0 Å². The standard InChI is InChI=1S/C44H37N.C2H2/c1-3-4-5-7-16-33-17-10-12-21-39(33)43-30-37(27-25-32(43)2)45(36-19-8-6-9-20-36)38-28-26-35-29-34-18-11-13-22-40(34)41-23-14-15-24-42(41)44(35)31-38;1-2/h3-15,17-28,30-31H,16,29H2,1-2H3;1-2H/b4-3-,7-5-;. The van der Waals surface area contributed by atoms with E-state index in [1.807, 2.05) is 6.92 Å². The molecule has 0 N–H and O–H groups in total. The number of rotatable bonds is 7. The van der Waals surface area contributed by atoms with E-state index in [0.29, 0.717) is 0 Å². The van der Waals surface area contributed by atoms with Gasteiger partial charge >= 0.3 is 0 Å². The summed E-state index contributed by atoms with van der Waals surface area (Å²) < 4.78 is 0. The van der Waals surface area contributed by atoms with Crippen LogP contribution in [-0.2, 0) is 12.8 Å². The summed E-state index contributed by atoms with van der Waals surface area (Å²) in [7, 11) is 0. The molecule has 6 aromatic carbocycles. The van der Waals surface area contributed by atoms with Crippen molar-refractivity contribution in [1.82, 2.24) is 0 Å². The number of fused-ring (bicyclic) bond motifs is 5. The molecule has 0 amide bonds. The minimum atomic E-state index is 0.888. The number of para-hydroxylation sites is 1. The molecule has 0 atom stereocenters. The number of anilines is 3. The van der Waals surface area contributed by atoms with E-state index >= 15 is 0 Å². The van der Waals surface area contributed by atoms with Gasteiger partial charge in [0.15, 0.2) is 0 Å². The molecule has 0 heterocycles. The minimum Gasteiger partial charge on any atom is -0.310 e. The van der Waals surface area contributed by atoms with Crippen molar-refractivity contribution in [2.75, 3.05) is 4.90 Å². The summed E-state index contributed by atoms with van der Waals surface area (Å²) >= 11 is 0. The van der Waals surface area contributed by atoms with E-state index in [-0.39, 0.29) is 0 Å². The number of nitrogens with zero attached hydrogens (tertiary/aromatic N) is 1. The second-order valence-corrected chi connectivity index (χ2v) is 11.7. The van der Waals surface area contributed by atoms with Gasteiger partial charge in [-0.05, 0) is 119 Å². The predicted molar refractivity (Wildman–Crippen MR) is 203 cm³/mol. The quantitative estimate of drug-likeness (QED) is 0.129. The lowest BCUT2D eigenvalue weighted by molar-refractivity contribution is 1.20. The van der Waals surface area contributed by atoms with Crippen molar-refractivity contribution < 1.29 is 0 Å². The van der Waals surface area contributed by atoms with Gasteiger partial charge in [-0.1, -0.05) is 127 Å². The zero-order valence-corrected chi connectivity index (χ0v) is 27.1. The van der Waals surface area contributed by atoms with Crippen LogP contribution < -0.4 is 4.90 Å². The summed E-state index contributed by atoms with van der Waals surface area (Å²) in [5, 5.41) is 0. The molecule has 0 aromatic heterocycles. The summed E-state index contributed by atoms with van der Waals surface area (Å²) in [6.07, 6.45) is 18.3. The van der Waals surface area contributed by atoms with Crippen molar-refractivity contribution in [3.8, 4) is 46.2 Å². The molecule has 6 aromatic rings. The molecule has 1 nitrogen and oxygen atoms in total. The van der Waals surface area contributed by atoms with Gasteiger partial charge in [0.2, 0.25) is 0 Å². The Labute approximate surface area is 280 Å². The maximum absolute atomic E-state index is 4.00. The van der Waals surface area contributed by atoms with Crippen molar-refractivity contribution in [2.45, 2.75) is 26.7 Å². The second-order valence-electron chi connectivity index (χ2n) is 11.7. The van der Waals surface area contributed by atoms with Crippen LogP contribution in [0.15, 0.2) is 164 Å². The van der Waals surface area contributed by atoms with Crippen molar-refractivity contribution >= 4 is 17.1 Å². The Kier molecular flexibility index (Phi) is 9.62. The van der Waals surface area contributed by atoms with E-state index in [9.17, 15) is 0 Å². The van der Waals surface area contributed by atoms with Crippen LogP contribution in [0.25, 0.3) is 33.4 Å². The van der Waals surface area contributed by atoms with Crippen LogP contribution in [0.2, 0.25) is 0 Å². The molecule has 1 aliphatic rings. The monoisotopic (exact) mass is 605 g/mol. The number of allylic oxidation sites excluding steroid dienone is 4. The average molecular weight is 606 g/mol. The lowest BCUT2D eigenvalue weighted by Gasteiger charge is -2.27. The van der Waals surface area contributed by atoms with E-state index in [4.69, 9.17) is 0 Å². The van der Waals surface area contributed by atoms with Gasteiger partial charge in [-0.25, -0.2) is 0 Å². The molecule has 0 spiro atoms. The topological polar surface area (TPSA) is 3.24 Å². The van der Waals surface area contributed by atoms with Crippen LogP contribution in [-0.4, -0.2) is 0 Å². The fraction of sp³-hybridized carbons (Fsp3) is 0.0870. The van der Waals surface area contributed by atoms with E-state index in [1.54, 1.807) is 0 Å². The Balaban J connectivity index is 0.00000190. The van der Waals surface area contributed by atoms with E-state index in [0.717, 1.165) is 29.9 Å². The summed E-state index contributed by atoms with van der Waals surface area (Å²) in [4.78, 5) is 2.40. The van der Waals surface area contributed by atoms with Crippen LogP contribution in [0, 0.1) is 19.8 Å². The van der Waals surface area contributed by atoms with E-state index < -0.39 is 0 Å². The first-order valence-corrected chi connectivity index (χ1v) is 16.2. The van der Waals surface area contributed by atoms with Crippen LogP contribution >= 0.6 is 0 Å². The van der Waals surface area contributed by atoms with Crippen LogP contribution in [0.3, 0.4) is 0 Å². The molecule has 1 aliphatic carbocycles. The van der Waals surface area contributed by atoms with Crippen molar-refractivity contribution in [3.63, 3.8) is 0 Å². The highest BCUT2D eigenvalue weighted by molar-refractivity contribution is 5.91. The maximum Gasteiger partial charge on any atom is 0.0468 e. The third-order valence-electron chi connectivity index (χ3n) is 8.84. The molecule has 47 heavy (non-hydrogen) atoms. The number of terminal acetylenes is 1. The number of hydrogen-bond donors (Lipinski definition) is 0. The minimum absolute atomic E-state index is 0.888. The summed E-state index contributed by atoms with van der Waals surface area (Å²) in [6.45, 7) is 4.27. The van der Waals surface area contributed by atoms with Gasteiger partial charge < -0.3 is 4.90 Å². The van der Waals surface area contributed by atoms with Gasteiger partial charge in [-0.2, -0.15) is 0 Å². The Bertz CT molecular complexity index is 2080. The largest absolute Gasteiger partial charge is 0.310 e. The highest BCUT2D eigenvalue weighted by atomic mass is 15.1. The zero-order chi connectivity index (χ0) is 32.6. The molecule has 0 bridgehead atoms. The lowest BCUT2D eigenvalue weighted by Crippen LogP contribution is -2.11. The third-order valence-corrected chi connectivity index (χ3v) is 8.84. The average Bonchev–Trinajstić information content (AvgIpc) is 3.27. The van der Waals surface area contributed by atoms with Gasteiger partial charge in [-0.15, -0.1) is 12.8 Å². The molecule has 1 heteroatoms. The molecular weight excluding hydrogens is 567 g/mol.